The van der Waals surface area contributed by atoms with Crippen LogP contribution in [0.25, 0.3) is 0 Å². The van der Waals surface area contributed by atoms with Crippen LogP contribution in [-0.4, -0.2) is 47.0 Å². The van der Waals surface area contributed by atoms with Gasteiger partial charge in [-0.2, -0.15) is 0 Å². The van der Waals surface area contributed by atoms with Gasteiger partial charge in [0, 0.05) is 24.5 Å². The molecule has 38 heavy (non-hydrogen) atoms. The first-order valence-corrected chi connectivity index (χ1v) is 13.9. The van der Waals surface area contributed by atoms with Gasteiger partial charge in [0.15, 0.2) is 0 Å². The normalized spacial score (nSPS) is 20.1. The minimum Gasteiger partial charge on any atom is -0.324 e. The third kappa shape index (κ3) is 5.28. The van der Waals surface area contributed by atoms with Crippen LogP contribution in [-0.2, 0) is 30.8 Å². The summed E-state index contributed by atoms with van der Waals surface area (Å²) in [5.74, 6) is -1.88. The van der Waals surface area contributed by atoms with Crippen LogP contribution in [0.3, 0.4) is 0 Å². The monoisotopic (exact) mass is 533 g/mol. The summed E-state index contributed by atoms with van der Waals surface area (Å²) in [4.78, 5) is 48.9. The van der Waals surface area contributed by atoms with Crippen molar-refractivity contribution >= 4 is 39.4 Å². The summed E-state index contributed by atoms with van der Waals surface area (Å²) in [7, 11) is -3.94. The van der Waals surface area contributed by atoms with Crippen molar-refractivity contribution in [3.63, 3.8) is 0 Å². The maximum Gasteiger partial charge on any atom is 0.264 e. The lowest BCUT2D eigenvalue weighted by Gasteiger charge is -2.26. The number of likely N-dealkylation sites (tertiary alicyclic amines) is 1. The molecule has 0 radical (unpaired) electrons. The maximum absolute atomic E-state index is 13.5. The van der Waals surface area contributed by atoms with Crippen molar-refractivity contribution in [2.75, 3.05) is 10.0 Å². The van der Waals surface area contributed by atoms with Gasteiger partial charge < -0.3 is 5.32 Å². The molecule has 0 spiro atoms. The molecule has 11 heteroatoms. The molecule has 1 aliphatic heterocycles. The van der Waals surface area contributed by atoms with Gasteiger partial charge in [-0.05, 0) is 48.7 Å². The zero-order chi connectivity index (χ0) is 26.7. The van der Waals surface area contributed by atoms with E-state index in [9.17, 15) is 22.8 Å². The highest BCUT2D eigenvalue weighted by Gasteiger charge is 2.51. The van der Waals surface area contributed by atoms with Crippen molar-refractivity contribution in [3.05, 3.63) is 78.6 Å². The summed E-state index contributed by atoms with van der Waals surface area (Å²) in [5, 5.41) is 2.76. The zero-order valence-corrected chi connectivity index (χ0v) is 21.3. The SMILES string of the molecule is O=C(Nc1ccc(S(=O)(=O)Nc2ncccn2)cc1)[C@H](Cc1ccccc1)N1C(=O)[C@@H]2CCCC[C@H]2C1=O. The van der Waals surface area contributed by atoms with E-state index < -0.39 is 22.0 Å². The molecule has 3 amide bonds. The van der Waals surface area contributed by atoms with Gasteiger partial charge in [0.1, 0.15) is 6.04 Å². The third-order valence-electron chi connectivity index (χ3n) is 6.98. The molecular weight excluding hydrogens is 506 g/mol. The van der Waals surface area contributed by atoms with E-state index in [-0.39, 0.29) is 40.9 Å². The fourth-order valence-electron chi connectivity index (χ4n) is 5.11. The maximum atomic E-state index is 13.5. The number of hydrogen-bond acceptors (Lipinski definition) is 7. The summed E-state index contributed by atoms with van der Waals surface area (Å²) < 4.78 is 27.6. The Morgan fingerprint density at radius 1 is 0.895 bits per heavy atom. The van der Waals surface area contributed by atoms with E-state index >= 15 is 0 Å². The second kappa shape index (κ2) is 10.7. The van der Waals surface area contributed by atoms with Crippen molar-refractivity contribution in [2.45, 2.75) is 43.0 Å². The Balaban J connectivity index is 1.36. The predicted octanol–water partition coefficient (Wildman–Crippen LogP) is 3.00. The molecule has 10 nitrogen and oxygen atoms in total. The molecule has 2 N–H and O–H groups in total. The fraction of sp³-hybridized carbons (Fsp3) is 0.296. The third-order valence-corrected chi connectivity index (χ3v) is 8.33. The van der Waals surface area contributed by atoms with Gasteiger partial charge in [-0.25, -0.2) is 23.1 Å². The minimum absolute atomic E-state index is 0.0437. The Morgan fingerprint density at radius 3 is 2.11 bits per heavy atom. The van der Waals surface area contributed by atoms with Crippen LogP contribution >= 0.6 is 0 Å². The van der Waals surface area contributed by atoms with E-state index in [4.69, 9.17) is 0 Å². The van der Waals surface area contributed by atoms with Gasteiger partial charge in [0.25, 0.3) is 10.0 Å². The minimum atomic E-state index is -3.94. The van der Waals surface area contributed by atoms with Crippen molar-refractivity contribution < 1.29 is 22.8 Å². The molecule has 3 atom stereocenters. The zero-order valence-electron chi connectivity index (χ0n) is 20.5. The largest absolute Gasteiger partial charge is 0.324 e. The first-order valence-electron chi connectivity index (χ1n) is 12.4. The molecule has 2 aromatic carbocycles. The molecule has 2 heterocycles. The highest BCUT2D eigenvalue weighted by Crippen LogP contribution is 2.39. The Morgan fingerprint density at radius 2 is 1.50 bits per heavy atom. The molecule has 1 aromatic heterocycles. The average molecular weight is 534 g/mol. The number of rotatable bonds is 8. The molecule has 196 valence electrons. The molecule has 0 unspecified atom stereocenters. The molecule has 5 rings (SSSR count). The fourth-order valence-corrected chi connectivity index (χ4v) is 6.07. The van der Waals surface area contributed by atoms with Crippen LogP contribution in [0.4, 0.5) is 11.6 Å². The highest BCUT2D eigenvalue weighted by atomic mass is 32.2. The summed E-state index contributed by atoms with van der Waals surface area (Å²) in [6.45, 7) is 0. The van der Waals surface area contributed by atoms with Crippen molar-refractivity contribution in [1.82, 2.24) is 14.9 Å². The molecule has 2 aliphatic rings. The summed E-state index contributed by atoms with van der Waals surface area (Å²) in [5.41, 5.74) is 1.15. The number of amides is 3. The van der Waals surface area contributed by atoms with Crippen LogP contribution < -0.4 is 10.0 Å². The number of aromatic nitrogens is 2. The lowest BCUT2D eigenvalue weighted by Crippen LogP contribution is -2.49. The number of nitrogens with one attached hydrogen (secondary N) is 2. The standard InChI is InChI=1S/C27H27N5O5S/c33-24(30-19-11-13-20(14-12-19)38(36,37)31-27-28-15-6-16-29-27)23(17-18-7-2-1-3-8-18)32-25(34)21-9-4-5-10-22(21)26(32)35/h1-3,6-8,11-16,21-23H,4-5,9-10,17H2,(H,30,33)(H,28,29,31)/t21-,22-,23+/m1/s1. The van der Waals surface area contributed by atoms with Crippen LogP contribution in [0.1, 0.15) is 31.2 Å². The van der Waals surface area contributed by atoms with Gasteiger partial charge in [0.2, 0.25) is 23.7 Å². The second-order valence-corrected chi connectivity index (χ2v) is 11.1. The molecule has 0 bridgehead atoms. The molecule has 1 aliphatic carbocycles. The van der Waals surface area contributed by atoms with E-state index in [2.05, 4.69) is 20.0 Å². The Kier molecular flexibility index (Phi) is 7.19. The molecule has 1 saturated heterocycles. The van der Waals surface area contributed by atoms with Crippen LogP contribution in [0, 0.1) is 11.8 Å². The van der Waals surface area contributed by atoms with Gasteiger partial charge in [-0.1, -0.05) is 43.2 Å². The summed E-state index contributed by atoms with van der Waals surface area (Å²) in [6, 6.07) is 15.4. The molecule has 2 fully saturated rings. The van der Waals surface area contributed by atoms with E-state index in [1.165, 1.54) is 36.7 Å². The number of nitrogens with zero attached hydrogens (tertiary/aromatic N) is 3. The number of carbonyl (C=O) groups is 3. The molecule has 3 aromatic rings. The van der Waals surface area contributed by atoms with Gasteiger partial charge in [0.05, 0.1) is 16.7 Å². The van der Waals surface area contributed by atoms with E-state index in [1.54, 1.807) is 6.07 Å². The van der Waals surface area contributed by atoms with Gasteiger partial charge in [-0.15, -0.1) is 0 Å². The van der Waals surface area contributed by atoms with E-state index in [0.717, 1.165) is 23.3 Å². The van der Waals surface area contributed by atoms with Crippen LogP contribution in [0.5, 0.6) is 0 Å². The first kappa shape index (κ1) is 25.5. The van der Waals surface area contributed by atoms with Gasteiger partial charge >= 0.3 is 0 Å². The number of sulfonamides is 1. The second-order valence-electron chi connectivity index (χ2n) is 9.44. The highest BCUT2D eigenvalue weighted by molar-refractivity contribution is 7.92. The van der Waals surface area contributed by atoms with E-state index in [1.807, 2.05) is 30.3 Å². The van der Waals surface area contributed by atoms with Crippen LogP contribution in [0.2, 0.25) is 0 Å². The van der Waals surface area contributed by atoms with E-state index in [0.29, 0.717) is 18.5 Å². The predicted molar refractivity (Wildman–Crippen MR) is 139 cm³/mol. The summed E-state index contributed by atoms with van der Waals surface area (Å²) in [6.07, 6.45) is 6.11. The first-order chi connectivity index (χ1) is 18.3. The quantitative estimate of drug-likeness (QED) is 0.425. The van der Waals surface area contributed by atoms with Crippen molar-refractivity contribution in [2.24, 2.45) is 11.8 Å². The number of fused-ring (bicyclic) bond motifs is 1. The van der Waals surface area contributed by atoms with Crippen LogP contribution in [0.15, 0.2) is 78.0 Å². The number of anilines is 2. The number of hydrogen-bond donors (Lipinski definition) is 2. The summed E-state index contributed by atoms with van der Waals surface area (Å²) >= 11 is 0. The Labute approximate surface area is 220 Å². The van der Waals surface area contributed by atoms with Gasteiger partial charge in [-0.3, -0.25) is 19.3 Å². The lowest BCUT2D eigenvalue weighted by atomic mass is 9.81. The average Bonchev–Trinajstić information content (AvgIpc) is 3.18. The van der Waals surface area contributed by atoms with Crippen molar-refractivity contribution in [3.8, 4) is 0 Å². The topological polar surface area (TPSA) is 138 Å². The molecular formula is C27H27N5O5S. The number of imide groups is 1. The Bertz CT molecular complexity index is 1410. The number of benzene rings is 2. The molecule has 1 saturated carbocycles. The number of carbonyl (C=O) groups excluding carboxylic acids is 3. The Hall–Kier alpha value is -4.12. The smallest absolute Gasteiger partial charge is 0.264 e. The lowest BCUT2D eigenvalue weighted by molar-refractivity contribution is -0.146. The van der Waals surface area contributed by atoms with Crippen molar-refractivity contribution in [1.29, 1.82) is 0 Å².